The second kappa shape index (κ2) is 9.12. The molecule has 7 nitrogen and oxygen atoms in total. The lowest BCUT2D eigenvalue weighted by atomic mass is 10.1. The number of benzene rings is 2. The molecule has 2 amide bonds. The zero-order valence-corrected chi connectivity index (χ0v) is 14.4. The quantitative estimate of drug-likeness (QED) is 0.371. The molecule has 134 valence electrons. The minimum absolute atomic E-state index is 0.302. The maximum atomic E-state index is 11.9. The molecule has 0 bridgehead atoms. The molecule has 0 heterocycles. The summed E-state index contributed by atoms with van der Waals surface area (Å²) in [5.41, 5.74) is 4.11. The summed E-state index contributed by atoms with van der Waals surface area (Å²) in [6.45, 7) is 1.78. The minimum atomic E-state index is -0.866. The summed E-state index contributed by atoms with van der Waals surface area (Å²) in [5, 5.41) is 6.33. The summed E-state index contributed by atoms with van der Waals surface area (Å²) in [6, 6.07) is 15.4. The Bertz CT molecular complexity index is 801. The minimum Gasteiger partial charge on any atom is -0.465 e. The van der Waals surface area contributed by atoms with Crippen molar-refractivity contribution in [3.63, 3.8) is 0 Å². The van der Waals surface area contributed by atoms with Crippen LogP contribution in [0, 0.1) is 0 Å². The van der Waals surface area contributed by atoms with Crippen LogP contribution in [0.3, 0.4) is 0 Å². The SMILES string of the molecule is COC(=O)c1ccc(/C=N\NC(=O)C(=O)N[C@H](C)c2ccccc2)cc1. The van der Waals surface area contributed by atoms with Gasteiger partial charge in [0.25, 0.3) is 0 Å². The third-order valence-electron chi connectivity index (χ3n) is 3.56. The van der Waals surface area contributed by atoms with Gasteiger partial charge in [0.15, 0.2) is 0 Å². The van der Waals surface area contributed by atoms with Gasteiger partial charge in [0, 0.05) is 0 Å². The van der Waals surface area contributed by atoms with Gasteiger partial charge in [-0.2, -0.15) is 5.10 Å². The van der Waals surface area contributed by atoms with Crippen LogP contribution in [0.4, 0.5) is 0 Å². The summed E-state index contributed by atoms with van der Waals surface area (Å²) >= 11 is 0. The van der Waals surface area contributed by atoms with Gasteiger partial charge in [0.05, 0.1) is 24.9 Å². The normalized spacial score (nSPS) is 11.6. The van der Waals surface area contributed by atoms with Gasteiger partial charge in [0.1, 0.15) is 0 Å². The van der Waals surface area contributed by atoms with Crippen molar-refractivity contribution in [2.24, 2.45) is 5.10 Å². The van der Waals surface area contributed by atoms with Crippen LogP contribution in [0.25, 0.3) is 0 Å². The predicted octanol–water partition coefficient (Wildman–Crippen LogP) is 1.80. The highest BCUT2D eigenvalue weighted by Gasteiger charge is 2.16. The molecule has 0 aliphatic carbocycles. The number of amides is 2. The molecule has 0 aliphatic rings. The number of carbonyl (C=O) groups excluding carboxylic acids is 3. The lowest BCUT2D eigenvalue weighted by Gasteiger charge is -2.13. The van der Waals surface area contributed by atoms with Crippen molar-refractivity contribution in [1.82, 2.24) is 10.7 Å². The first-order valence-electron chi connectivity index (χ1n) is 7.88. The molecular weight excluding hydrogens is 334 g/mol. The molecule has 2 N–H and O–H groups in total. The Morgan fingerprint density at radius 3 is 2.27 bits per heavy atom. The van der Waals surface area contributed by atoms with E-state index in [0.29, 0.717) is 11.1 Å². The predicted molar refractivity (Wildman–Crippen MR) is 96.5 cm³/mol. The smallest absolute Gasteiger partial charge is 0.337 e. The fraction of sp³-hybridized carbons (Fsp3) is 0.158. The number of ether oxygens (including phenoxy) is 1. The highest BCUT2D eigenvalue weighted by atomic mass is 16.5. The van der Waals surface area contributed by atoms with Gasteiger partial charge in [-0.05, 0) is 30.2 Å². The molecule has 0 radical (unpaired) electrons. The average Bonchev–Trinajstić information content (AvgIpc) is 2.68. The largest absolute Gasteiger partial charge is 0.465 e. The molecule has 2 aromatic rings. The van der Waals surface area contributed by atoms with E-state index in [4.69, 9.17) is 0 Å². The Morgan fingerprint density at radius 2 is 1.65 bits per heavy atom. The molecule has 2 rings (SSSR count). The van der Waals surface area contributed by atoms with Crippen molar-refractivity contribution in [3.05, 3.63) is 71.3 Å². The van der Waals surface area contributed by atoms with Gasteiger partial charge in [-0.1, -0.05) is 42.5 Å². The van der Waals surface area contributed by atoms with E-state index in [1.807, 2.05) is 30.3 Å². The fourth-order valence-electron chi connectivity index (χ4n) is 2.13. The highest BCUT2D eigenvalue weighted by Crippen LogP contribution is 2.10. The van der Waals surface area contributed by atoms with E-state index < -0.39 is 17.8 Å². The summed E-state index contributed by atoms with van der Waals surface area (Å²) in [7, 11) is 1.30. The summed E-state index contributed by atoms with van der Waals surface area (Å²) in [5.74, 6) is -2.08. The van der Waals surface area contributed by atoms with Gasteiger partial charge >= 0.3 is 17.8 Å². The summed E-state index contributed by atoms with van der Waals surface area (Å²) < 4.78 is 4.60. The molecular formula is C19H19N3O4. The van der Waals surface area contributed by atoms with Crippen molar-refractivity contribution in [2.45, 2.75) is 13.0 Å². The summed E-state index contributed by atoms with van der Waals surface area (Å²) in [4.78, 5) is 35.0. The van der Waals surface area contributed by atoms with E-state index in [1.54, 1.807) is 31.2 Å². The van der Waals surface area contributed by atoms with Crippen molar-refractivity contribution in [1.29, 1.82) is 0 Å². The van der Waals surface area contributed by atoms with E-state index in [2.05, 4.69) is 20.6 Å². The Balaban J connectivity index is 1.86. The number of hydrogen-bond donors (Lipinski definition) is 2. The number of esters is 1. The molecule has 1 atom stereocenters. The number of nitrogens with one attached hydrogen (secondary N) is 2. The first-order valence-corrected chi connectivity index (χ1v) is 7.88. The van der Waals surface area contributed by atoms with E-state index in [9.17, 15) is 14.4 Å². The molecule has 26 heavy (non-hydrogen) atoms. The van der Waals surface area contributed by atoms with Crippen LogP contribution in [0.15, 0.2) is 59.7 Å². The van der Waals surface area contributed by atoms with Crippen LogP contribution in [-0.4, -0.2) is 31.1 Å². The maximum Gasteiger partial charge on any atom is 0.337 e. The summed E-state index contributed by atoms with van der Waals surface area (Å²) in [6.07, 6.45) is 1.37. The molecule has 0 aliphatic heterocycles. The first-order chi connectivity index (χ1) is 12.5. The van der Waals surface area contributed by atoms with E-state index >= 15 is 0 Å². The molecule has 0 unspecified atom stereocenters. The van der Waals surface area contributed by atoms with E-state index in [0.717, 1.165) is 5.56 Å². The number of rotatable bonds is 5. The average molecular weight is 353 g/mol. The van der Waals surface area contributed by atoms with Crippen molar-refractivity contribution < 1.29 is 19.1 Å². The Labute approximate surface area is 151 Å². The second-order valence-electron chi connectivity index (χ2n) is 5.42. The van der Waals surface area contributed by atoms with Gasteiger partial charge in [-0.3, -0.25) is 9.59 Å². The van der Waals surface area contributed by atoms with Crippen LogP contribution < -0.4 is 10.7 Å². The third kappa shape index (κ3) is 5.27. The standard InChI is InChI=1S/C19H19N3O4/c1-13(15-6-4-3-5-7-15)21-17(23)18(24)22-20-12-14-8-10-16(11-9-14)19(25)26-2/h3-13H,1-2H3,(H,21,23)(H,22,24)/b20-12-/t13-/m1/s1. The number of hydrogen-bond acceptors (Lipinski definition) is 5. The van der Waals surface area contributed by atoms with Gasteiger partial charge in [-0.25, -0.2) is 10.2 Å². The van der Waals surface area contributed by atoms with Gasteiger partial charge < -0.3 is 10.1 Å². The molecule has 2 aromatic carbocycles. The van der Waals surface area contributed by atoms with Crippen molar-refractivity contribution in [3.8, 4) is 0 Å². The number of nitrogens with zero attached hydrogens (tertiary/aromatic N) is 1. The zero-order valence-electron chi connectivity index (χ0n) is 14.4. The molecule has 0 aromatic heterocycles. The number of carbonyl (C=O) groups is 3. The van der Waals surface area contributed by atoms with Crippen LogP contribution in [0.1, 0.15) is 34.5 Å². The van der Waals surface area contributed by atoms with E-state index in [1.165, 1.54) is 13.3 Å². The van der Waals surface area contributed by atoms with Gasteiger partial charge in [0.2, 0.25) is 0 Å². The molecule has 0 saturated heterocycles. The lowest BCUT2D eigenvalue weighted by Crippen LogP contribution is -2.39. The number of methoxy groups -OCH3 is 1. The molecule has 7 heteroatoms. The van der Waals surface area contributed by atoms with E-state index in [-0.39, 0.29) is 6.04 Å². The van der Waals surface area contributed by atoms with Crippen LogP contribution in [0.5, 0.6) is 0 Å². The molecule has 0 saturated carbocycles. The zero-order chi connectivity index (χ0) is 18.9. The lowest BCUT2D eigenvalue weighted by molar-refractivity contribution is -0.139. The third-order valence-corrected chi connectivity index (χ3v) is 3.56. The fourth-order valence-corrected chi connectivity index (χ4v) is 2.13. The Morgan fingerprint density at radius 1 is 1.00 bits per heavy atom. The highest BCUT2D eigenvalue weighted by molar-refractivity contribution is 6.35. The van der Waals surface area contributed by atoms with Crippen LogP contribution in [-0.2, 0) is 14.3 Å². The first kappa shape index (κ1) is 18.9. The maximum absolute atomic E-state index is 11.9. The van der Waals surface area contributed by atoms with Crippen LogP contribution >= 0.6 is 0 Å². The molecule has 0 spiro atoms. The Hall–Kier alpha value is -3.48. The van der Waals surface area contributed by atoms with Crippen LogP contribution in [0.2, 0.25) is 0 Å². The molecule has 0 fully saturated rings. The monoisotopic (exact) mass is 353 g/mol. The topological polar surface area (TPSA) is 96.9 Å². The van der Waals surface area contributed by atoms with Crippen molar-refractivity contribution >= 4 is 24.0 Å². The Kier molecular flexibility index (Phi) is 6.61. The second-order valence-corrected chi connectivity index (χ2v) is 5.42. The number of hydrazone groups is 1. The van der Waals surface area contributed by atoms with Gasteiger partial charge in [-0.15, -0.1) is 0 Å². The van der Waals surface area contributed by atoms with Crippen molar-refractivity contribution in [2.75, 3.05) is 7.11 Å².